The molecule has 0 atom stereocenters. The molecule has 19 heavy (non-hydrogen) atoms. The Morgan fingerprint density at radius 1 is 1.37 bits per heavy atom. The van der Waals surface area contributed by atoms with Gasteiger partial charge < -0.3 is 10.2 Å². The van der Waals surface area contributed by atoms with Crippen LogP contribution in [0.1, 0.15) is 19.4 Å². The molecule has 108 valence electrons. The van der Waals surface area contributed by atoms with Crippen LogP contribution in [0.3, 0.4) is 0 Å². The SMILES string of the molecule is CC(C)CNCc1ccnc(N(C)CC(F)(F)F)c1. The largest absolute Gasteiger partial charge is 0.405 e. The molecule has 0 amide bonds. The number of nitrogens with zero attached hydrogens (tertiary/aromatic N) is 2. The van der Waals surface area contributed by atoms with Crippen molar-refractivity contribution in [2.24, 2.45) is 5.92 Å². The highest BCUT2D eigenvalue weighted by atomic mass is 19.4. The lowest BCUT2D eigenvalue weighted by molar-refractivity contribution is -0.119. The van der Waals surface area contributed by atoms with E-state index in [1.165, 1.54) is 13.2 Å². The molecule has 0 aromatic carbocycles. The summed E-state index contributed by atoms with van der Waals surface area (Å²) in [5.41, 5.74) is 0.930. The van der Waals surface area contributed by atoms with Crippen molar-refractivity contribution >= 4 is 5.82 Å². The van der Waals surface area contributed by atoms with Crippen molar-refractivity contribution in [2.75, 3.05) is 25.0 Å². The molecule has 1 aromatic heterocycles. The third-order valence-electron chi connectivity index (χ3n) is 2.50. The zero-order valence-electron chi connectivity index (χ0n) is 11.5. The van der Waals surface area contributed by atoms with E-state index < -0.39 is 12.7 Å². The van der Waals surface area contributed by atoms with E-state index in [0.29, 0.717) is 18.3 Å². The molecule has 0 radical (unpaired) electrons. The van der Waals surface area contributed by atoms with Crippen LogP contribution in [-0.4, -0.2) is 31.3 Å². The molecule has 6 heteroatoms. The zero-order valence-corrected chi connectivity index (χ0v) is 11.5. The fraction of sp³-hybridized carbons (Fsp3) is 0.615. The van der Waals surface area contributed by atoms with Gasteiger partial charge in [-0.3, -0.25) is 0 Å². The minimum atomic E-state index is -4.22. The Bertz CT molecular complexity index is 391. The van der Waals surface area contributed by atoms with Crippen LogP contribution in [0.2, 0.25) is 0 Å². The van der Waals surface area contributed by atoms with Crippen LogP contribution in [0.4, 0.5) is 19.0 Å². The van der Waals surface area contributed by atoms with Crippen LogP contribution >= 0.6 is 0 Å². The maximum absolute atomic E-state index is 12.3. The molecule has 3 nitrogen and oxygen atoms in total. The van der Waals surface area contributed by atoms with Crippen LogP contribution in [0, 0.1) is 5.92 Å². The van der Waals surface area contributed by atoms with Crippen LogP contribution in [0.5, 0.6) is 0 Å². The Hall–Kier alpha value is -1.30. The van der Waals surface area contributed by atoms with Gasteiger partial charge in [0.25, 0.3) is 0 Å². The van der Waals surface area contributed by atoms with Gasteiger partial charge in [-0.25, -0.2) is 4.98 Å². The van der Waals surface area contributed by atoms with E-state index in [9.17, 15) is 13.2 Å². The molecule has 0 spiro atoms. The van der Waals surface area contributed by atoms with Gasteiger partial charge in [0.15, 0.2) is 0 Å². The smallest absolute Gasteiger partial charge is 0.351 e. The minimum absolute atomic E-state index is 0.334. The molecule has 1 N–H and O–H groups in total. The normalized spacial score (nSPS) is 11.9. The second kappa shape index (κ2) is 6.75. The van der Waals surface area contributed by atoms with Gasteiger partial charge >= 0.3 is 6.18 Å². The summed E-state index contributed by atoms with van der Waals surface area (Å²) in [5, 5.41) is 3.25. The highest BCUT2D eigenvalue weighted by Gasteiger charge is 2.29. The maximum Gasteiger partial charge on any atom is 0.405 e. The first-order chi connectivity index (χ1) is 8.78. The van der Waals surface area contributed by atoms with Gasteiger partial charge in [-0.1, -0.05) is 13.8 Å². The summed E-state index contributed by atoms with van der Waals surface area (Å²) in [4.78, 5) is 5.07. The van der Waals surface area contributed by atoms with Gasteiger partial charge in [0.2, 0.25) is 0 Å². The number of hydrogen-bond donors (Lipinski definition) is 1. The Morgan fingerprint density at radius 3 is 2.63 bits per heavy atom. The number of alkyl halides is 3. The van der Waals surface area contributed by atoms with E-state index >= 15 is 0 Å². The molecule has 0 unspecified atom stereocenters. The van der Waals surface area contributed by atoms with Crippen LogP contribution in [0.15, 0.2) is 18.3 Å². The van der Waals surface area contributed by atoms with E-state index in [4.69, 9.17) is 0 Å². The zero-order chi connectivity index (χ0) is 14.5. The Kier molecular flexibility index (Phi) is 5.60. The van der Waals surface area contributed by atoms with Gasteiger partial charge in [-0.15, -0.1) is 0 Å². The van der Waals surface area contributed by atoms with Crippen LogP contribution in [0.25, 0.3) is 0 Å². The highest BCUT2D eigenvalue weighted by molar-refractivity contribution is 5.40. The lowest BCUT2D eigenvalue weighted by atomic mass is 10.2. The van der Waals surface area contributed by atoms with Crippen molar-refractivity contribution in [1.29, 1.82) is 0 Å². The molecular weight excluding hydrogens is 255 g/mol. The molecule has 0 bridgehead atoms. The topological polar surface area (TPSA) is 28.2 Å². The van der Waals surface area contributed by atoms with E-state index in [1.54, 1.807) is 12.1 Å². The molecule has 0 aliphatic rings. The number of pyridine rings is 1. The summed E-state index contributed by atoms with van der Waals surface area (Å²) in [5.74, 6) is 0.871. The van der Waals surface area contributed by atoms with Crippen LogP contribution in [-0.2, 0) is 6.54 Å². The molecule has 1 heterocycles. The Morgan fingerprint density at radius 2 is 2.05 bits per heavy atom. The summed E-state index contributed by atoms with van der Waals surface area (Å²) in [7, 11) is 1.39. The number of aromatic nitrogens is 1. The van der Waals surface area contributed by atoms with Gasteiger partial charge in [0.1, 0.15) is 12.4 Å². The van der Waals surface area contributed by atoms with Crippen molar-refractivity contribution in [3.8, 4) is 0 Å². The molecule has 0 saturated heterocycles. The standard InChI is InChI=1S/C13H20F3N3/c1-10(2)7-17-8-11-4-5-18-12(6-11)19(3)9-13(14,15)16/h4-6,10,17H,7-9H2,1-3H3. The first-order valence-electron chi connectivity index (χ1n) is 6.21. The van der Waals surface area contributed by atoms with Gasteiger partial charge in [-0.2, -0.15) is 13.2 Å². The number of rotatable bonds is 6. The van der Waals surface area contributed by atoms with E-state index in [1.807, 2.05) is 0 Å². The molecule has 1 aromatic rings. The highest BCUT2D eigenvalue weighted by Crippen LogP contribution is 2.19. The molecular formula is C13H20F3N3. The molecule has 0 fully saturated rings. The van der Waals surface area contributed by atoms with Crippen molar-refractivity contribution in [3.05, 3.63) is 23.9 Å². The third kappa shape index (κ3) is 6.42. The fourth-order valence-electron chi connectivity index (χ4n) is 1.63. The van der Waals surface area contributed by atoms with Crippen molar-refractivity contribution in [2.45, 2.75) is 26.6 Å². The van der Waals surface area contributed by atoms with E-state index in [2.05, 4.69) is 24.1 Å². The Labute approximate surface area is 111 Å². The van der Waals surface area contributed by atoms with Gasteiger partial charge in [-0.05, 0) is 30.2 Å². The van der Waals surface area contributed by atoms with Crippen molar-refractivity contribution in [1.82, 2.24) is 10.3 Å². The number of hydrogen-bond acceptors (Lipinski definition) is 3. The lowest BCUT2D eigenvalue weighted by Gasteiger charge is -2.20. The summed E-state index contributed by atoms with van der Waals surface area (Å²) in [6.45, 7) is 4.71. The number of halogens is 3. The van der Waals surface area contributed by atoms with Gasteiger partial charge in [0.05, 0.1) is 0 Å². The average molecular weight is 275 g/mol. The average Bonchev–Trinajstić information content (AvgIpc) is 2.26. The van der Waals surface area contributed by atoms with Crippen molar-refractivity contribution in [3.63, 3.8) is 0 Å². The predicted octanol–water partition coefficient (Wildman–Crippen LogP) is 2.83. The molecule has 0 aliphatic heterocycles. The fourth-order valence-corrected chi connectivity index (χ4v) is 1.63. The van der Waals surface area contributed by atoms with E-state index in [-0.39, 0.29) is 0 Å². The number of nitrogens with one attached hydrogen (secondary N) is 1. The summed E-state index contributed by atoms with van der Waals surface area (Å²) < 4.78 is 36.9. The Balaban J connectivity index is 2.61. The van der Waals surface area contributed by atoms with Crippen LogP contribution < -0.4 is 10.2 Å². The third-order valence-corrected chi connectivity index (χ3v) is 2.50. The molecule has 0 aliphatic carbocycles. The molecule has 1 rings (SSSR count). The minimum Gasteiger partial charge on any atom is -0.351 e. The predicted molar refractivity (Wildman–Crippen MR) is 70.1 cm³/mol. The first-order valence-corrected chi connectivity index (χ1v) is 6.21. The second-order valence-electron chi connectivity index (χ2n) is 5.02. The quantitative estimate of drug-likeness (QED) is 0.865. The second-order valence-corrected chi connectivity index (χ2v) is 5.02. The monoisotopic (exact) mass is 275 g/mol. The summed E-state index contributed by atoms with van der Waals surface area (Å²) in [6, 6.07) is 3.48. The van der Waals surface area contributed by atoms with E-state index in [0.717, 1.165) is 17.0 Å². The maximum atomic E-state index is 12.3. The number of anilines is 1. The molecule has 0 saturated carbocycles. The lowest BCUT2D eigenvalue weighted by Crippen LogP contribution is -2.31. The summed E-state index contributed by atoms with van der Waals surface area (Å²) >= 11 is 0. The van der Waals surface area contributed by atoms with Crippen molar-refractivity contribution < 1.29 is 13.2 Å². The van der Waals surface area contributed by atoms with Gasteiger partial charge in [0, 0.05) is 19.8 Å². The first kappa shape index (κ1) is 15.8. The summed E-state index contributed by atoms with van der Waals surface area (Å²) in [6.07, 6.45) is -2.68.